The zero-order valence-electron chi connectivity index (χ0n) is 11.5. The summed E-state index contributed by atoms with van der Waals surface area (Å²) in [5.74, 6) is -1.25. The van der Waals surface area contributed by atoms with Gasteiger partial charge in [-0.3, -0.25) is 9.59 Å². The van der Waals surface area contributed by atoms with Crippen LogP contribution in [0.4, 0.5) is 0 Å². The van der Waals surface area contributed by atoms with Gasteiger partial charge in [0, 0.05) is 19.2 Å². The third-order valence-electron chi connectivity index (χ3n) is 3.59. The van der Waals surface area contributed by atoms with Crippen LogP contribution >= 0.6 is 0 Å². The highest BCUT2D eigenvalue weighted by molar-refractivity contribution is 5.92. The van der Waals surface area contributed by atoms with Crippen molar-refractivity contribution in [1.82, 2.24) is 4.90 Å². The summed E-state index contributed by atoms with van der Waals surface area (Å²) in [6.07, 6.45) is 4.14. The number of carboxylic acids is 1. The number of benzene rings is 1. The fourth-order valence-corrected chi connectivity index (χ4v) is 2.33. The molecule has 1 heterocycles. The topological polar surface area (TPSA) is 81.4 Å². The second-order valence-corrected chi connectivity index (χ2v) is 5.01. The Hall–Kier alpha value is -2.61. The number of aliphatic carboxylic acids is 1. The molecule has 1 aromatic carbocycles. The number of hydrogen-bond acceptors (Lipinski definition) is 3. The van der Waals surface area contributed by atoms with Crippen molar-refractivity contribution in [2.75, 3.05) is 13.1 Å². The van der Waals surface area contributed by atoms with Crippen molar-refractivity contribution in [3.8, 4) is 6.07 Å². The third-order valence-corrected chi connectivity index (χ3v) is 3.59. The number of hydrogen-bond donors (Lipinski definition) is 1. The molecular formula is C16H16N2O3. The number of nitrogens with zero attached hydrogens (tertiary/aromatic N) is 2. The smallest absolute Gasteiger partial charge is 0.306 e. The first-order valence-electron chi connectivity index (χ1n) is 6.80. The number of carboxylic acid groups (broad SMARTS) is 1. The minimum atomic E-state index is -0.786. The van der Waals surface area contributed by atoms with E-state index in [1.807, 2.05) is 12.1 Å². The molecule has 108 valence electrons. The predicted molar refractivity (Wildman–Crippen MR) is 77.1 cm³/mol. The zero-order chi connectivity index (χ0) is 15.2. The van der Waals surface area contributed by atoms with Crippen LogP contribution in [0.1, 0.15) is 24.0 Å². The second kappa shape index (κ2) is 6.71. The van der Waals surface area contributed by atoms with E-state index >= 15 is 0 Å². The van der Waals surface area contributed by atoms with E-state index in [1.165, 1.54) is 6.08 Å². The number of likely N-dealkylation sites (tertiary alicyclic amines) is 1. The molecule has 1 N–H and O–H groups in total. The lowest BCUT2D eigenvalue weighted by atomic mass is 9.97. The van der Waals surface area contributed by atoms with Gasteiger partial charge < -0.3 is 10.0 Å². The summed E-state index contributed by atoms with van der Waals surface area (Å²) in [6.45, 7) is 0.941. The van der Waals surface area contributed by atoms with Gasteiger partial charge in [-0.25, -0.2) is 0 Å². The normalized spacial score (nSPS) is 15.9. The largest absolute Gasteiger partial charge is 0.481 e. The summed E-state index contributed by atoms with van der Waals surface area (Å²) in [5, 5.41) is 17.7. The van der Waals surface area contributed by atoms with Gasteiger partial charge in [0.25, 0.3) is 0 Å². The van der Waals surface area contributed by atoms with Crippen molar-refractivity contribution >= 4 is 18.0 Å². The first kappa shape index (κ1) is 14.8. The van der Waals surface area contributed by atoms with Gasteiger partial charge in [-0.15, -0.1) is 0 Å². The number of nitriles is 1. The Balaban J connectivity index is 1.94. The number of rotatable bonds is 3. The monoisotopic (exact) mass is 284 g/mol. The SMILES string of the molecule is N#Cc1cccc(/C=C/C(=O)N2CCC(C(=O)O)CC2)c1. The lowest BCUT2D eigenvalue weighted by Gasteiger charge is -2.29. The summed E-state index contributed by atoms with van der Waals surface area (Å²) < 4.78 is 0. The van der Waals surface area contributed by atoms with Crippen LogP contribution in [-0.2, 0) is 9.59 Å². The molecule has 0 spiro atoms. The molecule has 21 heavy (non-hydrogen) atoms. The fourth-order valence-electron chi connectivity index (χ4n) is 2.33. The van der Waals surface area contributed by atoms with Crippen molar-refractivity contribution in [3.63, 3.8) is 0 Å². The van der Waals surface area contributed by atoms with Crippen molar-refractivity contribution in [1.29, 1.82) is 5.26 Å². The zero-order valence-corrected chi connectivity index (χ0v) is 11.5. The Morgan fingerprint density at radius 1 is 1.33 bits per heavy atom. The van der Waals surface area contributed by atoms with Gasteiger partial charge in [0.15, 0.2) is 0 Å². The third kappa shape index (κ3) is 3.93. The van der Waals surface area contributed by atoms with Gasteiger partial charge in [-0.05, 0) is 36.6 Å². The quantitative estimate of drug-likeness (QED) is 0.859. The molecule has 2 rings (SSSR count). The highest BCUT2D eigenvalue weighted by atomic mass is 16.4. The van der Waals surface area contributed by atoms with Crippen molar-refractivity contribution in [3.05, 3.63) is 41.5 Å². The van der Waals surface area contributed by atoms with Gasteiger partial charge in [-0.2, -0.15) is 5.26 Å². The molecule has 0 unspecified atom stereocenters. The van der Waals surface area contributed by atoms with Gasteiger partial charge >= 0.3 is 5.97 Å². The van der Waals surface area contributed by atoms with Gasteiger partial charge in [0.05, 0.1) is 17.6 Å². The van der Waals surface area contributed by atoms with Crippen LogP contribution in [0, 0.1) is 17.2 Å². The van der Waals surface area contributed by atoms with Crippen molar-refractivity contribution in [2.24, 2.45) is 5.92 Å². The van der Waals surface area contributed by atoms with E-state index in [-0.39, 0.29) is 11.8 Å². The molecule has 0 atom stereocenters. The maximum atomic E-state index is 12.0. The Morgan fingerprint density at radius 2 is 2.05 bits per heavy atom. The predicted octanol–water partition coefficient (Wildman–Crippen LogP) is 1.89. The molecule has 1 fully saturated rings. The van der Waals surface area contributed by atoms with Crippen LogP contribution < -0.4 is 0 Å². The van der Waals surface area contributed by atoms with E-state index in [0.717, 1.165) is 5.56 Å². The first-order valence-corrected chi connectivity index (χ1v) is 6.80. The lowest BCUT2D eigenvalue weighted by molar-refractivity contribution is -0.144. The molecular weight excluding hydrogens is 268 g/mol. The summed E-state index contributed by atoms with van der Waals surface area (Å²) in [7, 11) is 0. The Morgan fingerprint density at radius 3 is 2.67 bits per heavy atom. The fraction of sp³-hybridized carbons (Fsp3) is 0.312. The molecule has 0 aliphatic carbocycles. The molecule has 5 nitrogen and oxygen atoms in total. The molecule has 1 aromatic rings. The average molecular weight is 284 g/mol. The molecule has 0 aromatic heterocycles. The highest BCUT2D eigenvalue weighted by Crippen LogP contribution is 2.17. The van der Waals surface area contributed by atoms with E-state index in [1.54, 1.807) is 29.2 Å². The van der Waals surface area contributed by atoms with Gasteiger partial charge in [0.2, 0.25) is 5.91 Å². The highest BCUT2D eigenvalue weighted by Gasteiger charge is 2.25. The summed E-state index contributed by atoms with van der Waals surface area (Å²) in [4.78, 5) is 24.5. The first-order chi connectivity index (χ1) is 10.1. The van der Waals surface area contributed by atoms with Crippen LogP contribution in [0.5, 0.6) is 0 Å². The summed E-state index contributed by atoms with van der Waals surface area (Å²) >= 11 is 0. The van der Waals surface area contributed by atoms with E-state index in [2.05, 4.69) is 0 Å². The number of piperidine rings is 1. The van der Waals surface area contributed by atoms with Crippen molar-refractivity contribution < 1.29 is 14.7 Å². The van der Waals surface area contributed by atoms with Gasteiger partial charge in [0.1, 0.15) is 0 Å². The number of carbonyl (C=O) groups excluding carboxylic acids is 1. The van der Waals surface area contributed by atoms with E-state index < -0.39 is 5.97 Å². The standard InChI is InChI=1S/C16H16N2O3/c17-11-13-3-1-2-12(10-13)4-5-15(19)18-8-6-14(7-9-18)16(20)21/h1-5,10,14H,6-9H2,(H,20,21)/b5-4+. The molecule has 1 aliphatic rings. The van der Waals surface area contributed by atoms with Crippen LogP contribution in [0.15, 0.2) is 30.3 Å². The lowest BCUT2D eigenvalue weighted by Crippen LogP contribution is -2.39. The average Bonchev–Trinajstić information content (AvgIpc) is 2.53. The van der Waals surface area contributed by atoms with E-state index in [9.17, 15) is 9.59 Å². The Bertz CT molecular complexity index is 608. The number of carbonyl (C=O) groups is 2. The minimum Gasteiger partial charge on any atom is -0.481 e. The van der Waals surface area contributed by atoms with Gasteiger partial charge in [-0.1, -0.05) is 12.1 Å². The van der Waals surface area contributed by atoms with E-state index in [4.69, 9.17) is 10.4 Å². The molecule has 5 heteroatoms. The van der Waals surface area contributed by atoms with Crippen molar-refractivity contribution in [2.45, 2.75) is 12.8 Å². The maximum Gasteiger partial charge on any atom is 0.306 e. The molecule has 0 saturated carbocycles. The van der Waals surface area contributed by atoms with Crippen LogP contribution in [0.3, 0.4) is 0 Å². The molecule has 0 bridgehead atoms. The molecule has 0 radical (unpaired) electrons. The van der Waals surface area contributed by atoms with Crippen LogP contribution in [-0.4, -0.2) is 35.0 Å². The molecule has 1 aliphatic heterocycles. The Labute approximate surface area is 123 Å². The Kier molecular flexibility index (Phi) is 4.72. The van der Waals surface area contributed by atoms with Crippen LogP contribution in [0.2, 0.25) is 0 Å². The molecule has 1 amide bonds. The maximum absolute atomic E-state index is 12.0. The summed E-state index contributed by atoms with van der Waals surface area (Å²) in [5.41, 5.74) is 1.34. The van der Waals surface area contributed by atoms with E-state index in [0.29, 0.717) is 31.5 Å². The second-order valence-electron chi connectivity index (χ2n) is 5.01. The van der Waals surface area contributed by atoms with Crippen LogP contribution in [0.25, 0.3) is 6.08 Å². The minimum absolute atomic E-state index is 0.124. The molecule has 1 saturated heterocycles. The number of amides is 1. The summed E-state index contributed by atoms with van der Waals surface area (Å²) in [6, 6.07) is 9.05.